The third-order valence-corrected chi connectivity index (χ3v) is 11.7. The third-order valence-electron chi connectivity index (χ3n) is 11.7. The van der Waals surface area contributed by atoms with Gasteiger partial charge in [-0.2, -0.15) is 0 Å². The van der Waals surface area contributed by atoms with E-state index in [9.17, 15) is 0 Å². The van der Waals surface area contributed by atoms with Gasteiger partial charge in [-0.15, -0.1) is 0 Å². The van der Waals surface area contributed by atoms with Gasteiger partial charge in [0, 0.05) is 38.2 Å². The van der Waals surface area contributed by atoms with E-state index in [0.717, 1.165) is 40.5 Å². The van der Waals surface area contributed by atoms with Crippen LogP contribution in [0.25, 0.3) is 88.5 Å². The van der Waals surface area contributed by atoms with E-state index >= 15 is 0 Å². The monoisotopic (exact) mass is 664 g/mol. The molecule has 0 amide bonds. The zero-order valence-corrected chi connectivity index (χ0v) is 28.5. The van der Waals surface area contributed by atoms with Gasteiger partial charge in [-0.25, -0.2) is 9.97 Å². The molecule has 2 aliphatic carbocycles. The van der Waals surface area contributed by atoms with Crippen molar-refractivity contribution in [3.8, 4) is 34.0 Å². The molecule has 0 saturated heterocycles. The molecule has 0 radical (unpaired) electrons. The van der Waals surface area contributed by atoms with Crippen molar-refractivity contribution in [3.05, 3.63) is 168 Å². The lowest BCUT2D eigenvalue weighted by molar-refractivity contribution is 0.842. The van der Waals surface area contributed by atoms with Gasteiger partial charge in [-0.3, -0.25) is 4.57 Å². The fourth-order valence-corrected chi connectivity index (χ4v) is 8.83. The van der Waals surface area contributed by atoms with Gasteiger partial charge in [0.05, 0.1) is 33.3 Å². The molecule has 0 aliphatic heterocycles. The van der Waals surface area contributed by atoms with Crippen LogP contribution < -0.4 is 0 Å². The molecule has 12 rings (SSSR count). The summed E-state index contributed by atoms with van der Waals surface area (Å²) < 4.78 is 4.73. The summed E-state index contributed by atoms with van der Waals surface area (Å²) in [6, 6.07) is 53.3. The SMILES string of the molecule is c1ccc(-c2nc(-n3c4ccc(-c5ccc6c(c5)c5cc7c(cc5n6-c5ccccc5)CC7)cc4c4cc5c(cc43)CC5)nc3ccccc23)cc1. The van der Waals surface area contributed by atoms with E-state index in [4.69, 9.17) is 9.97 Å². The predicted octanol–water partition coefficient (Wildman–Crippen LogP) is 11.4. The van der Waals surface area contributed by atoms with Gasteiger partial charge in [0.25, 0.3) is 0 Å². The number of aromatic nitrogens is 4. The minimum Gasteiger partial charge on any atom is -0.309 e. The summed E-state index contributed by atoms with van der Waals surface area (Å²) in [6.45, 7) is 0. The van der Waals surface area contributed by atoms with Crippen LogP contribution in [0.2, 0.25) is 0 Å². The van der Waals surface area contributed by atoms with Crippen molar-refractivity contribution in [1.82, 2.24) is 19.1 Å². The van der Waals surface area contributed by atoms with Crippen LogP contribution in [-0.4, -0.2) is 19.1 Å². The second-order valence-electron chi connectivity index (χ2n) is 14.5. The molecule has 7 aromatic carbocycles. The summed E-state index contributed by atoms with van der Waals surface area (Å²) in [6.07, 6.45) is 4.59. The molecule has 10 aromatic rings. The maximum absolute atomic E-state index is 5.32. The number of benzene rings is 7. The van der Waals surface area contributed by atoms with Crippen molar-refractivity contribution in [2.45, 2.75) is 25.7 Å². The first kappa shape index (κ1) is 28.2. The maximum Gasteiger partial charge on any atom is 0.235 e. The van der Waals surface area contributed by atoms with Crippen molar-refractivity contribution in [2.75, 3.05) is 0 Å². The van der Waals surface area contributed by atoms with Crippen molar-refractivity contribution < 1.29 is 0 Å². The first-order valence-electron chi connectivity index (χ1n) is 18.3. The van der Waals surface area contributed by atoms with Crippen LogP contribution in [0.3, 0.4) is 0 Å². The van der Waals surface area contributed by atoms with E-state index in [-0.39, 0.29) is 0 Å². The van der Waals surface area contributed by atoms with Crippen LogP contribution in [0.4, 0.5) is 0 Å². The molecule has 0 spiro atoms. The average molecular weight is 665 g/mol. The predicted molar refractivity (Wildman–Crippen MR) is 214 cm³/mol. The molecule has 3 heterocycles. The molecular formula is C48H32N4. The Morgan fingerprint density at radius 3 is 1.52 bits per heavy atom. The first-order valence-corrected chi connectivity index (χ1v) is 18.3. The lowest BCUT2D eigenvalue weighted by Crippen LogP contribution is -2.08. The van der Waals surface area contributed by atoms with E-state index < -0.39 is 0 Å². The molecule has 0 saturated carbocycles. The van der Waals surface area contributed by atoms with Gasteiger partial charge >= 0.3 is 0 Å². The first-order chi connectivity index (χ1) is 25.7. The number of aryl methyl sites for hydroxylation is 4. The third kappa shape index (κ3) is 3.98. The van der Waals surface area contributed by atoms with Gasteiger partial charge in [0.1, 0.15) is 0 Å². The van der Waals surface area contributed by atoms with Crippen LogP contribution in [0.5, 0.6) is 0 Å². The number of hydrogen-bond donors (Lipinski definition) is 0. The maximum atomic E-state index is 5.32. The second-order valence-corrected chi connectivity index (χ2v) is 14.5. The number of rotatable bonds is 4. The Labute approximate surface area is 300 Å². The Morgan fingerprint density at radius 2 is 0.885 bits per heavy atom. The summed E-state index contributed by atoms with van der Waals surface area (Å²) in [5.74, 6) is 0.705. The Kier molecular flexibility index (Phi) is 5.70. The largest absolute Gasteiger partial charge is 0.309 e. The number of fused-ring (bicyclic) bond motifs is 9. The van der Waals surface area contributed by atoms with E-state index in [1.54, 1.807) is 0 Å². The molecular weight excluding hydrogens is 633 g/mol. The molecule has 4 nitrogen and oxygen atoms in total. The lowest BCUT2D eigenvalue weighted by Gasteiger charge is -2.19. The van der Waals surface area contributed by atoms with Gasteiger partial charge in [0.2, 0.25) is 5.95 Å². The molecule has 0 bridgehead atoms. The summed E-state index contributed by atoms with van der Waals surface area (Å²) in [5, 5.41) is 6.18. The molecule has 0 fully saturated rings. The van der Waals surface area contributed by atoms with Crippen molar-refractivity contribution in [2.24, 2.45) is 0 Å². The highest BCUT2D eigenvalue weighted by Gasteiger charge is 2.23. The minimum atomic E-state index is 0.705. The summed E-state index contributed by atoms with van der Waals surface area (Å²) in [4.78, 5) is 10.5. The molecule has 0 N–H and O–H groups in total. The summed E-state index contributed by atoms with van der Waals surface area (Å²) in [5.41, 5.74) is 17.3. The second kappa shape index (κ2) is 10.5. The minimum absolute atomic E-state index is 0.705. The van der Waals surface area contributed by atoms with Gasteiger partial charge < -0.3 is 4.57 Å². The summed E-state index contributed by atoms with van der Waals surface area (Å²) in [7, 11) is 0. The van der Waals surface area contributed by atoms with Gasteiger partial charge in [-0.05, 0) is 126 Å². The molecule has 52 heavy (non-hydrogen) atoms. The van der Waals surface area contributed by atoms with Crippen LogP contribution >= 0.6 is 0 Å². The Hall–Kier alpha value is -6.52. The van der Waals surface area contributed by atoms with Gasteiger partial charge in [0.15, 0.2) is 0 Å². The fourth-order valence-electron chi connectivity index (χ4n) is 8.83. The highest BCUT2D eigenvalue weighted by Crippen LogP contribution is 2.42. The quantitative estimate of drug-likeness (QED) is 0.188. The smallest absolute Gasteiger partial charge is 0.235 e. The standard InChI is InChI=1S/C48H32N4/c1-3-9-29(10-4-1)47-37-13-7-8-14-42(37)49-48(50-47)52-44-22-20-33(24-39(44)41-26-31-16-18-35(31)28-46(41)52)32-19-21-43-38(23-32)40-25-30-15-17-34(30)27-45(40)51(43)36-11-5-2-6-12-36/h1-14,19-28H,15-18H2. The van der Waals surface area contributed by atoms with E-state index in [0.29, 0.717) is 5.95 Å². The Balaban J connectivity index is 1.09. The average Bonchev–Trinajstić information content (AvgIpc) is 3.67. The van der Waals surface area contributed by atoms with E-state index in [1.165, 1.54) is 90.0 Å². The lowest BCUT2D eigenvalue weighted by atomic mass is 9.87. The number of hydrogen-bond acceptors (Lipinski definition) is 2. The van der Waals surface area contributed by atoms with Crippen molar-refractivity contribution >= 4 is 54.5 Å². The van der Waals surface area contributed by atoms with Crippen molar-refractivity contribution in [3.63, 3.8) is 0 Å². The van der Waals surface area contributed by atoms with Crippen LogP contribution in [0.1, 0.15) is 22.3 Å². The molecule has 0 unspecified atom stereocenters. The molecule has 3 aromatic heterocycles. The Morgan fingerprint density at radius 1 is 0.365 bits per heavy atom. The molecule has 2 aliphatic rings. The molecule has 0 atom stereocenters. The van der Waals surface area contributed by atoms with Crippen LogP contribution in [0.15, 0.2) is 146 Å². The van der Waals surface area contributed by atoms with E-state index in [1.807, 2.05) is 0 Å². The zero-order chi connectivity index (χ0) is 33.9. The van der Waals surface area contributed by atoms with Crippen LogP contribution in [0, 0.1) is 0 Å². The van der Waals surface area contributed by atoms with Crippen molar-refractivity contribution in [1.29, 1.82) is 0 Å². The normalized spacial score (nSPS) is 13.5. The highest BCUT2D eigenvalue weighted by atomic mass is 15.2. The number of para-hydroxylation sites is 2. The highest BCUT2D eigenvalue weighted by molar-refractivity contribution is 6.13. The fraction of sp³-hybridized carbons (Fsp3) is 0.0833. The molecule has 244 valence electrons. The topological polar surface area (TPSA) is 35.6 Å². The van der Waals surface area contributed by atoms with Gasteiger partial charge in [-0.1, -0.05) is 78.9 Å². The molecule has 4 heteroatoms. The summed E-state index contributed by atoms with van der Waals surface area (Å²) >= 11 is 0. The number of nitrogens with zero attached hydrogens (tertiary/aromatic N) is 4. The van der Waals surface area contributed by atoms with Crippen LogP contribution in [-0.2, 0) is 25.7 Å². The zero-order valence-electron chi connectivity index (χ0n) is 28.5. The Bertz CT molecular complexity index is 3110. The van der Waals surface area contributed by atoms with E-state index in [2.05, 4.69) is 155 Å².